The fourth-order valence-corrected chi connectivity index (χ4v) is 3.01. The summed E-state index contributed by atoms with van der Waals surface area (Å²) in [7, 11) is 0. The van der Waals surface area contributed by atoms with E-state index < -0.39 is 5.82 Å². The lowest BCUT2D eigenvalue weighted by molar-refractivity contribution is 0.192. The van der Waals surface area contributed by atoms with Crippen LogP contribution in [0.4, 0.5) is 4.39 Å². The maximum absolute atomic E-state index is 13.3. The molecule has 1 aliphatic carbocycles. The highest BCUT2D eigenvalue weighted by atomic mass is 19.1. The molecule has 5 N–H and O–H groups in total. The fraction of sp³-hybridized carbons (Fsp3) is 0.533. The molecule has 21 heavy (non-hydrogen) atoms. The molecule has 2 atom stereocenters. The Balaban J connectivity index is 1.97. The lowest BCUT2D eigenvalue weighted by Gasteiger charge is -2.18. The largest absolute Gasteiger partial charge is 0.409 e. The quantitative estimate of drug-likeness (QED) is 0.276. The van der Waals surface area contributed by atoms with Crippen LogP contribution in [0.1, 0.15) is 30.4 Å². The molecule has 0 bridgehead atoms. The molecule has 1 aromatic carbocycles. The van der Waals surface area contributed by atoms with Gasteiger partial charge in [-0.2, -0.15) is 0 Å². The smallest absolute Gasteiger partial charge is 0.170 e. The van der Waals surface area contributed by atoms with Gasteiger partial charge in [0.1, 0.15) is 5.82 Å². The molecule has 1 fully saturated rings. The Labute approximate surface area is 123 Å². The predicted molar refractivity (Wildman–Crippen MR) is 78.5 cm³/mol. The second kappa shape index (κ2) is 7.38. The summed E-state index contributed by atoms with van der Waals surface area (Å²) < 4.78 is 13.3. The van der Waals surface area contributed by atoms with E-state index >= 15 is 0 Å². The molecule has 0 saturated heterocycles. The molecule has 0 aromatic heterocycles. The van der Waals surface area contributed by atoms with Crippen LogP contribution in [-0.2, 0) is 6.54 Å². The van der Waals surface area contributed by atoms with Crippen LogP contribution in [0.2, 0.25) is 0 Å². The topological polar surface area (TPSA) is 90.9 Å². The first-order valence-electron chi connectivity index (χ1n) is 7.23. The van der Waals surface area contributed by atoms with E-state index in [1.165, 1.54) is 12.1 Å². The molecule has 5 nitrogen and oxygen atoms in total. The van der Waals surface area contributed by atoms with Crippen LogP contribution in [0.25, 0.3) is 0 Å². The number of aliphatic hydroxyl groups is 1. The molecule has 6 heteroatoms. The van der Waals surface area contributed by atoms with Crippen molar-refractivity contribution in [2.24, 2.45) is 22.7 Å². The summed E-state index contributed by atoms with van der Waals surface area (Å²) in [4.78, 5) is 0. The monoisotopic (exact) mass is 295 g/mol. The van der Waals surface area contributed by atoms with Gasteiger partial charge in [-0.15, -0.1) is 0 Å². The minimum atomic E-state index is -0.420. The molecule has 0 heterocycles. The maximum atomic E-state index is 13.3. The second-order valence-corrected chi connectivity index (χ2v) is 5.55. The highest BCUT2D eigenvalue weighted by Gasteiger charge is 2.26. The van der Waals surface area contributed by atoms with Crippen LogP contribution in [0.5, 0.6) is 0 Å². The summed E-state index contributed by atoms with van der Waals surface area (Å²) in [5.41, 5.74) is 6.75. The molecule has 1 saturated carbocycles. The molecule has 116 valence electrons. The van der Waals surface area contributed by atoms with E-state index in [0.717, 1.165) is 31.4 Å². The van der Waals surface area contributed by atoms with Crippen molar-refractivity contribution >= 4 is 5.84 Å². The first-order valence-corrected chi connectivity index (χ1v) is 7.23. The normalized spacial score (nSPS) is 22.7. The van der Waals surface area contributed by atoms with Gasteiger partial charge in [-0.05, 0) is 48.9 Å². The first-order chi connectivity index (χ1) is 10.2. The standard InChI is InChI=1S/C15H22FN3O2/c16-13-5-4-11(14(6-13)15(17)19-21)8-18-7-10-2-1-3-12(10)9-20/h4-6,10,12,18,20-21H,1-3,7-9H2,(H2,17,19). The zero-order valence-electron chi connectivity index (χ0n) is 11.9. The predicted octanol–water partition coefficient (Wildman–Crippen LogP) is 1.42. The van der Waals surface area contributed by atoms with Crippen molar-refractivity contribution in [3.63, 3.8) is 0 Å². The van der Waals surface area contributed by atoms with E-state index in [1.807, 2.05) is 0 Å². The molecule has 0 spiro atoms. The van der Waals surface area contributed by atoms with E-state index in [-0.39, 0.29) is 12.4 Å². The minimum absolute atomic E-state index is 0.0969. The van der Waals surface area contributed by atoms with Crippen molar-refractivity contribution in [2.75, 3.05) is 13.2 Å². The Morgan fingerprint density at radius 1 is 1.38 bits per heavy atom. The van der Waals surface area contributed by atoms with Crippen molar-refractivity contribution < 1.29 is 14.7 Å². The van der Waals surface area contributed by atoms with Gasteiger partial charge in [0, 0.05) is 18.7 Å². The SMILES string of the molecule is NC(=NO)c1cc(F)ccc1CNCC1CCCC1CO. The number of hydrogen-bond acceptors (Lipinski definition) is 4. The van der Waals surface area contributed by atoms with Crippen molar-refractivity contribution in [1.29, 1.82) is 0 Å². The van der Waals surface area contributed by atoms with E-state index in [0.29, 0.717) is 23.9 Å². The summed E-state index contributed by atoms with van der Waals surface area (Å²) >= 11 is 0. The van der Waals surface area contributed by atoms with Crippen LogP contribution in [-0.4, -0.2) is 29.3 Å². The summed E-state index contributed by atoms with van der Waals surface area (Å²) in [5.74, 6) is 0.328. The number of nitrogens with zero attached hydrogens (tertiary/aromatic N) is 1. The van der Waals surface area contributed by atoms with Gasteiger partial charge < -0.3 is 21.4 Å². The highest BCUT2D eigenvalue weighted by Crippen LogP contribution is 2.30. The molecule has 0 radical (unpaired) electrons. The Morgan fingerprint density at radius 3 is 2.86 bits per heavy atom. The zero-order valence-corrected chi connectivity index (χ0v) is 11.9. The maximum Gasteiger partial charge on any atom is 0.170 e. The molecular formula is C15H22FN3O2. The van der Waals surface area contributed by atoms with Gasteiger partial charge in [-0.1, -0.05) is 17.6 Å². The van der Waals surface area contributed by atoms with E-state index in [9.17, 15) is 9.50 Å². The molecule has 0 aliphatic heterocycles. The highest BCUT2D eigenvalue weighted by molar-refractivity contribution is 5.98. The number of benzene rings is 1. The van der Waals surface area contributed by atoms with Crippen molar-refractivity contribution in [3.05, 3.63) is 35.1 Å². The second-order valence-electron chi connectivity index (χ2n) is 5.55. The Bertz CT molecular complexity index is 508. The number of aliphatic hydroxyl groups excluding tert-OH is 1. The molecular weight excluding hydrogens is 273 g/mol. The van der Waals surface area contributed by atoms with Crippen molar-refractivity contribution in [3.8, 4) is 0 Å². The van der Waals surface area contributed by atoms with Crippen molar-refractivity contribution in [2.45, 2.75) is 25.8 Å². The number of rotatable bonds is 6. The summed E-state index contributed by atoms with van der Waals surface area (Å²) in [5, 5.41) is 24.3. The third-order valence-corrected chi connectivity index (χ3v) is 4.23. The van der Waals surface area contributed by atoms with Gasteiger partial charge in [0.2, 0.25) is 0 Å². The molecule has 1 aliphatic rings. The number of oxime groups is 1. The third-order valence-electron chi connectivity index (χ3n) is 4.23. The van der Waals surface area contributed by atoms with E-state index in [1.54, 1.807) is 6.07 Å². The minimum Gasteiger partial charge on any atom is -0.409 e. The Hall–Kier alpha value is -1.66. The summed E-state index contributed by atoms with van der Waals surface area (Å²) in [6.45, 7) is 1.55. The van der Waals surface area contributed by atoms with Crippen LogP contribution < -0.4 is 11.1 Å². The molecule has 2 rings (SSSR count). The van der Waals surface area contributed by atoms with Gasteiger partial charge in [-0.25, -0.2) is 4.39 Å². The Morgan fingerprint density at radius 2 is 2.14 bits per heavy atom. The number of amidine groups is 1. The number of hydrogen-bond donors (Lipinski definition) is 4. The molecule has 0 amide bonds. The number of halogens is 1. The van der Waals surface area contributed by atoms with Crippen LogP contribution in [0.3, 0.4) is 0 Å². The third kappa shape index (κ3) is 3.92. The summed E-state index contributed by atoms with van der Waals surface area (Å²) in [6, 6.07) is 4.25. The van der Waals surface area contributed by atoms with Crippen LogP contribution >= 0.6 is 0 Å². The average molecular weight is 295 g/mol. The first kappa shape index (κ1) is 15.7. The van der Waals surface area contributed by atoms with E-state index in [2.05, 4.69) is 10.5 Å². The Kier molecular flexibility index (Phi) is 5.52. The number of nitrogens with one attached hydrogen (secondary N) is 1. The molecule has 2 unspecified atom stereocenters. The van der Waals surface area contributed by atoms with Gasteiger partial charge in [-0.3, -0.25) is 0 Å². The summed E-state index contributed by atoms with van der Waals surface area (Å²) in [6.07, 6.45) is 3.35. The van der Waals surface area contributed by atoms with E-state index in [4.69, 9.17) is 10.9 Å². The van der Waals surface area contributed by atoms with Gasteiger partial charge >= 0.3 is 0 Å². The number of nitrogens with two attached hydrogens (primary N) is 1. The zero-order chi connectivity index (χ0) is 15.2. The van der Waals surface area contributed by atoms with Crippen LogP contribution in [0.15, 0.2) is 23.4 Å². The van der Waals surface area contributed by atoms with Gasteiger partial charge in [0.15, 0.2) is 5.84 Å². The van der Waals surface area contributed by atoms with Gasteiger partial charge in [0.25, 0.3) is 0 Å². The lowest BCUT2D eigenvalue weighted by Crippen LogP contribution is -2.27. The van der Waals surface area contributed by atoms with Gasteiger partial charge in [0.05, 0.1) is 0 Å². The van der Waals surface area contributed by atoms with Crippen LogP contribution in [0, 0.1) is 17.7 Å². The van der Waals surface area contributed by atoms with Crippen molar-refractivity contribution in [1.82, 2.24) is 5.32 Å². The lowest BCUT2D eigenvalue weighted by atomic mass is 9.97. The fourth-order valence-electron chi connectivity index (χ4n) is 3.01. The average Bonchev–Trinajstić information content (AvgIpc) is 2.95. The molecule has 1 aromatic rings.